The van der Waals surface area contributed by atoms with E-state index in [4.69, 9.17) is 37.4 Å². The highest BCUT2D eigenvalue weighted by atomic mass is 35.5. The largest absolute Gasteiger partial charge is 0.444 e. The first-order valence-corrected chi connectivity index (χ1v) is 20.1. The third-order valence-corrected chi connectivity index (χ3v) is 11.7. The van der Waals surface area contributed by atoms with Crippen molar-refractivity contribution in [3.63, 3.8) is 0 Å². The molecule has 0 spiro atoms. The van der Waals surface area contributed by atoms with E-state index in [-0.39, 0.29) is 57.0 Å². The Hall–Kier alpha value is -4.38. The molecule has 2 fully saturated rings. The Kier molecular flexibility index (Phi) is 11.7. The topological polar surface area (TPSA) is 190 Å². The molecule has 1 saturated carbocycles. The van der Waals surface area contributed by atoms with E-state index in [2.05, 4.69) is 15.4 Å². The minimum atomic E-state index is -4.37. The Labute approximate surface area is 329 Å². The molecule has 0 unspecified atom stereocenters. The lowest BCUT2D eigenvalue weighted by molar-refractivity contribution is -0.141. The summed E-state index contributed by atoms with van der Waals surface area (Å²) in [6, 6.07) is 8.12. The zero-order chi connectivity index (χ0) is 39.7. The van der Waals surface area contributed by atoms with Crippen molar-refractivity contribution in [1.82, 2.24) is 25.2 Å². The molecule has 55 heavy (non-hydrogen) atoms. The summed E-state index contributed by atoms with van der Waals surface area (Å²) in [6.07, 6.45) is 1.34. The van der Waals surface area contributed by atoms with E-state index in [9.17, 15) is 32.4 Å². The zero-order valence-corrected chi connectivity index (χ0v) is 32.8. The maximum absolute atomic E-state index is 14.3. The average Bonchev–Trinajstić information content (AvgIpc) is 3.40. The lowest BCUT2D eigenvalue weighted by Crippen LogP contribution is -2.58. The number of alkyl carbamates (subject to hydrolysis) is 1. The predicted molar refractivity (Wildman–Crippen MR) is 199 cm³/mol. The van der Waals surface area contributed by atoms with Crippen molar-refractivity contribution >= 4 is 63.1 Å². The molecule has 18 heteroatoms. The molecule has 1 aliphatic carbocycles. The number of carbonyl (C=O) groups excluding carboxylic acids is 5. The van der Waals surface area contributed by atoms with Crippen molar-refractivity contribution < 1.29 is 46.6 Å². The SMILES string of the molecule is CC(C)(C)OC(=O)N[C@H]1CCOCCC=C[C@@H]2C[C@@]2(C(=O)NS(=O)(=O)c2ccc(Cl)cc2)NC(=O)[C@@H]2C[C@@H](OC(=O)N3Cc4cccc(Cl)c4C3)CN2C1=O. The number of carbonyl (C=O) groups is 5. The molecule has 2 aromatic carbocycles. The first-order valence-electron chi connectivity index (χ1n) is 17.9. The van der Waals surface area contributed by atoms with Gasteiger partial charge in [0.1, 0.15) is 29.3 Å². The molecule has 3 heterocycles. The van der Waals surface area contributed by atoms with Crippen LogP contribution in [0.3, 0.4) is 0 Å². The van der Waals surface area contributed by atoms with Gasteiger partial charge in [-0.3, -0.25) is 19.3 Å². The molecule has 0 radical (unpaired) electrons. The number of nitrogens with one attached hydrogen (secondary N) is 3. The van der Waals surface area contributed by atoms with Crippen LogP contribution in [0.2, 0.25) is 10.0 Å². The van der Waals surface area contributed by atoms with E-state index in [1.165, 1.54) is 34.1 Å². The lowest BCUT2D eigenvalue weighted by Gasteiger charge is -2.30. The monoisotopic (exact) mass is 819 g/mol. The average molecular weight is 821 g/mol. The summed E-state index contributed by atoms with van der Waals surface area (Å²) < 4.78 is 45.6. The van der Waals surface area contributed by atoms with Gasteiger partial charge in [0.2, 0.25) is 11.8 Å². The Morgan fingerprint density at radius 2 is 1.78 bits per heavy atom. The molecular formula is C37H43Cl2N5O10S. The van der Waals surface area contributed by atoms with Crippen molar-refractivity contribution in [2.75, 3.05) is 19.8 Å². The van der Waals surface area contributed by atoms with Gasteiger partial charge >= 0.3 is 12.2 Å². The number of halogens is 2. The molecule has 296 valence electrons. The highest BCUT2D eigenvalue weighted by Gasteiger charge is 2.61. The van der Waals surface area contributed by atoms with Crippen LogP contribution in [0.1, 0.15) is 57.6 Å². The van der Waals surface area contributed by atoms with Gasteiger partial charge in [-0.25, -0.2) is 22.7 Å². The van der Waals surface area contributed by atoms with Crippen LogP contribution in [0.15, 0.2) is 59.5 Å². The van der Waals surface area contributed by atoms with Crippen LogP contribution in [-0.2, 0) is 51.7 Å². The first-order chi connectivity index (χ1) is 26.0. The van der Waals surface area contributed by atoms with E-state index in [0.717, 1.165) is 11.1 Å². The predicted octanol–water partition coefficient (Wildman–Crippen LogP) is 4.06. The van der Waals surface area contributed by atoms with Gasteiger partial charge in [-0.05, 0) is 75.1 Å². The van der Waals surface area contributed by atoms with Crippen LogP contribution in [0, 0.1) is 5.92 Å². The van der Waals surface area contributed by atoms with Crippen LogP contribution in [-0.4, -0.2) is 97.2 Å². The highest BCUT2D eigenvalue weighted by Crippen LogP contribution is 2.46. The van der Waals surface area contributed by atoms with Crippen LogP contribution in [0.25, 0.3) is 0 Å². The summed E-state index contributed by atoms with van der Waals surface area (Å²) >= 11 is 12.3. The van der Waals surface area contributed by atoms with Crippen molar-refractivity contribution in [2.24, 2.45) is 5.92 Å². The second kappa shape index (κ2) is 16.0. The number of fused-ring (bicyclic) bond motifs is 3. The second-order valence-corrected chi connectivity index (χ2v) is 17.5. The van der Waals surface area contributed by atoms with E-state index in [1.807, 2.05) is 6.07 Å². The number of hydrogen-bond donors (Lipinski definition) is 3. The molecule has 5 atom stereocenters. The molecule has 3 aliphatic heterocycles. The normalized spacial score (nSPS) is 25.7. The summed E-state index contributed by atoms with van der Waals surface area (Å²) in [5, 5.41) is 6.17. The Morgan fingerprint density at radius 3 is 2.49 bits per heavy atom. The number of benzene rings is 2. The van der Waals surface area contributed by atoms with Gasteiger partial charge in [-0.15, -0.1) is 0 Å². The van der Waals surface area contributed by atoms with Gasteiger partial charge < -0.3 is 29.7 Å². The van der Waals surface area contributed by atoms with Gasteiger partial charge in [0.25, 0.3) is 15.9 Å². The van der Waals surface area contributed by atoms with Crippen LogP contribution >= 0.6 is 23.2 Å². The number of ether oxygens (including phenoxy) is 3. The quantitative estimate of drug-likeness (QED) is 0.371. The molecule has 2 aromatic rings. The third-order valence-electron chi connectivity index (χ3n) is 9.75. The molecule has 15 nitrogen and oxygen atoms in total. The second-order valence-electron chi connectivity index (χ2n) is 15.0. The number of sulfonamides is 1. The molecule has 0 bridgehead atoms. The summed E-state index contributed by atoms with van der Waals surface area (Å²) in [7, 11) is -4.37. The van der Waals surface area contributed by atoms with E-state index < -0.39 is 75.2 Å². The Balaban J connectivity index is 1.26. The Bertz CT molecular complexity index is 1990. The Morgan fingerprint density at radius 1 is 1.04 bits per heavy atom. The molecule has 5 amide bonds. The van der Waals surface area contributed by atoms with Crippen LogP contribution < -0.4 is 15.4 Å². The molecule has 6 rings (SSSR count). The summed E-state index contributed by atoms with van der Waals surface area (Å²) in [4.78, 5) is 71.3. The fraction of sp³-hybridized carbons (Fsp3) is 0.486. The molecular weight excluding hydrogens is 777 g/mol. The summed E-state index contributed by atoms with van der Waals surface area (Å²) in [6.45, 7) is 5.57. The van der Waals surface area contributed by atoms with Gasteiger partial charge in [-0.2, -0.15) is 0 Å². The lowest BCUT2D eigenvalue weighted by atomic mass is 10.1. The van der Waals surface area contributed by atoms with Crippen molar-refractivity contribution in [2.45, 2.75) is 93.8 Å². The standard InChI is InChI=1S/C37H43Cl2N5O10S/c1-36(2,3)54-34(48)40-29-14-16-52-15-5-4-8-23-18-37(23,33(47)42-55(50,51)26-12-10-24(38)11-13-26)41-31(45)30-17-25(20-44(30)32(29)46)53-35(49)43-19-22-7-6-9-28(39)27(22)21-43/h4,6-13,23,25,29-30H,5,14-21H2,1-3H3,(H,40,48)(H,41,45)(H,42,47)/t23-,25-,29+,30+,37-/m1/s1. The van der Waals surface area contributed by atoms with Gasteiger partial charge in [0.15, 0.2) is 0 Å². The first kappa shape index (κ1) is 40.3. The van der Waals surface area contributed by atoms with Gasteiger partial charge in [-0.1, -0.05) is 47.5 Å². The van der Waals surface area contributed by atoms with Crippen molar-refractivity contribution in [3.05, 3.63) is 75.8 Å². The third kappa shape index (κ3) is 9.36. The van der Waals surface area contributed by atoms with Gasteiger partial charge in [0, 0.05) is 42.0 Å². The van der Waals surface area contributed by atoms with Gasteiger partial charge in [0.05, 0.1) is 24.6 Å². The maximum Gasteiger partial charge on any atom is 0.410 e. The molecule has 1 saturated heterocycles. The number of nitrogens with zero attached hydrogens (tertiary/aromatic N) is 2. The van der Waals surface area contributed by atoms with Crippen molar-refractivity contribution in [3.8, 4) is 0 Å². The maximum atomic E-state index is 14.3. The summed E-state index contributed by atoms with van der Waals surface area (Å²) in [5.74, 6) is -3.00. The molecule has 3 N–H and O–H groups in total. The van der Waals surface area contributed by atoms with E-state index in [1.54, 1.807) is 45.1 Å². The highest BCUT2D eigenvalue weighted by molar-refractivity contribution is 7.90. The van der Waals surface area contributed by atoms with E-state index in [0.29, 0.717) is 16.5 Å². The minimum Gasteiger partial charge on any atom is -0.444 e. The number of hydrogen-bond acceptors (Lipinski definition) is 10. The minimum absolute atomic E-state index is 0.0292. The van der Waals surface area contributed by atoms with E-state index >= 15 is 0 Å². The molecule has 0 aromatic heterocycles. The molecule has 4 aliphatic rings. The van der Waals surface area contributed by atoms with Crippen LogP contribution in [0.4, 0.5) is 9.59 Å². The number of rotatable bonds is 5. The smallest absolute Gasteiger partial charge is 0.410 e. The van der Waals surface area contributed by atoms with Crippen LogP contribution in [0.5, 0.6) is 0 Å². The zero-order valence-electron chi connectivity index (χ0n) is 30.5. The van der Waals surface area contributed by atoms with Crippen molar-refractivity contribution in [1.29, 1.82) is 0 Å². The fourth-order valence-electron chi connectivity index (χ4n) is 6.90. The fourth-order valence-corrected chi connectivity index (χ4v) is 8.31. The summed E-state index contributed by atoms with van der Waals surface area (Å²) in [5.41, 5.74) is -0.901. The number of amides is 5.